The van der Waals surface area contributed by atoms with Gasteiger partial charge in [0.2, 0.25) is 5.91 Å². The zero-order valence-corrected chi connectivity index (χ0v) is 12.8. The fourth-order valence-electron chi connectivity index (χ4n) is 3.56. The molecule has 1 aliphatic carbocycles. The average molecular weight is 266 g/mol. The Morgan fingerprint density at radius 1 is 1.11 bits per heavy atom. The van der Waals surface area contributed by atoms with Crippen LogP contribution in [0.5, 0.6) is 0 Å². The van der Waals surface area contributed by atoms with Crippen LogP contribution in [-0.2, 0) is 4.79 Å². The van der Waals surface area contributed by atoms with E-state index in [1.54, 1.807) is 0 Å². The minimum atomic E-state index is -0.0177. The van der Waals surface area contributed by atoms with Gasteiger partial charge in [0, 0.05) is 19.1 Å². The summed E-state index contributed by atoms with van der Waals surface area (Å²) in [6, 6.07) is 0.511. The lowest BCUT2D eigenvalue weighted by atomic mass is 9.97. The third-order valence-corrected chi connectivity index (χ3v) is 5.22. The van der Waals surface area contributed by atoms with E-state index >= 15 is 0 Å². The molecule has 1 heterocycles. The summed E-state index contributed by atoms with van der Waals surface area (Å²) < 4.78 is 0. The molecule has 4 unspecified atom stereocenters. The summed E-state index contributed by atoms with van der Waals surface area (Å²) in [5, 5.41) is 3.59. The van der Waals surface area contributed by atoms with Crippen molar-refractivity contribution in [3.8, 4) is 0 Å². The number of carbonyl (C=O) groups excluding carboxylic acids is 1. The highest BCUT2D eigenvalue weighted by Crippen LogP contribution is 2.31. The largest absolute Gasteiger partial charge is 0.341 e. The van der Waals surface area contributed by atoms with Gasteiger partial charge in [-0.05, 0) is 44.4 Å². The number of nitrogens with one attached hydrogen (secondary N) is 1. The lowest BCUT2D eigenvalue weighted by Gasteiger charge is -2.28. The molecule has 0 spiro atoms. The number of hydrogen-bond donors (Lipinski definition) is 1. The SMILES string of the molecule is CC(NC1CCC(C)C1C)C(=O)N1CCCCCC1. The van der Waals surface area contributed by atoms with Crippen LogP contribution in [0.2, 0.25) is 0 Å². The topological polar surface area (TPSA) is 32.3 Å². The Kier molecular flexibility index (Phi) is 5.26. The lowest BCUT2D eigenvalue weighted by molar-refractivity contribution is -0.133. The van der Waals surface area contributed by atoms with Gasteiger partial charge in [-0.15, -0.1) is 0 Å². The minimum Gasteiger partial charge on any atom is -0.341 e. The summed E-state index contributed by atoms with van der Waals surface area (Å²) in [7, 11) is 0. The molecule has 2 aliphatic rings. The fraction of sp³-hybridized carbons (Fsp3) is 0.938. The van der Waals surface area contributed by atoms with Crippen LogP contribution >= 0.6 is 0 Å². The van der Waals surface area contributed by atoms with E-state index in [9.17, 15) is 4.79 Å². The van der Waals surface area contributed by atoms with E-state index in [1.165, 1.54) is 38.5 Å². The van der Waals surface area contributed by atoms with E-state index in [2.05, 4.69) is 24.1 Å². The van der Waals surface area contributed by atoms with Crippen molar-refractivity contribution in [1.29, 1.82) is 0 Å². The average Bonchev–Trinajstić information content (AvgIpc) is 2.66. The molecule has 3 nitrogen and oxygen atoms in total. The number of carbonyl (C=O) groups is 1. The molecule has 0 radical (unpaired) electrons. The van der Waals surface area contributed by atoms with Crippen molar-refractivity contribution in [2.75, 3.05) is 13.1 Å². The highest BCUT2D eigenvalue weighted by atomic mass is 16.2. The molecule has 1 amide bonds. The zero-order valence-electron chi connectivity index (χ0n) is 12.8. The Morgan fingerprint density at radius 2 is 1.74 bits per heavy atom. The Balaban J connectivity index is 1.84. The third-order valence-electron chi connectivity index (χ3n) is 5.22. The maximum atomic E-state index is 12.5. The van der Waals surface area contributed by atoms with Gasteiger partial charge in [-0.3, -0.25) is 4.79 Å². The second-order valence-electron chi connectivity index (χ2n) is 6.65. The second-order valence-corrected chi connectivity index (χ2v) is 6.65. The predicted molar refractivity (Wildman–Crippen MR) is 79.0 cm³/mol. The van der Waals surface area contributed by atoms with Crippen LogP contribution in [0.15, 0.2) is 0 Å². The van der Waals surface area contributed by atoms with Crippen molar-refractivity contribution in [1.82, 2.24) is 10.2 Å². The number of nitrogens with zero attached hydrogens (tertiary/aromatic N) is 1. The standard InChI is InChI=1S/C16H30N2O/c1-12-8-9-15(13(12)2)17-14(3)16(19)18-10-6-4-5-7-11-18/h12-15,17H,4-11H2,1-3H3. The van der Waals surface area contributed by atoms with Gasteiger partial charge in [0.1, 0.15) is 0 Å². The summed E-state index contributed by atoms with van der Waals surface area (Å²) in [6.45, 7) is 8.61. The third kappa shape index (κ3) is 3.71. The number of amides is 1. The van der Waals surface area contributed by atoms with Crippen molar-refractivity contribution in [3.63, 3.8) is 0 Å². The molecule has 1 saturated heterocycles. The highest BCUT2D eigenvalue weighted by molar-refractivity contribution is 5.81. The second kappa shape index (κ2) is 6.74. The van der Waals surface area contributed by atoms with Crippen molar-refractivity contribution in [3.05, 3.63) is 0 Å². The van der Waals surface area contributed by atoms with Crippen molar-refractivity contribution in [2.45, 2.75) is 71.4 Å². The number of hydrogen-bond acceptors (Lipinski definition) is 2. The Bertz CT molecular complexity index is 297. The Morgan fingerprint density at radius 3 is 2.26 bits per heavy atom. The normalized spacial score (nSPS) is 34.1. The van der Waals surface area contributed by atoms with Gasteiger partial charge in [0.15, 0.2) is 0 Å². The monoisotopic (exact) mass is 266 g/mol. The van der Waals surface area contributed by atoms with Crippen LogP contribution in [0, 0.1) is 11.8 Å². The molecule has 1 N–H and O–H groups in total. The van der Waals surface area contributed by atoms with Gasteiger partial charge in [0.05, 0.1) is 6.04 Å². The van der Waals surface area contributed by atoms with Crippen molar-refractivity contribution >= 4 is 5.91 Å². The molecule has 0 aromatic heterocycles. The molecule has 4 atom stereocenters. The predicted octanol–water partition coefficient (Wildman–Crippen LogP) is 2.80. The van der Waals surface area contributed by atoms with Gasteiger partial charge in [-0.2, -0.15) is 0 Å². The van der Waals surface area contributed by atoms with E-state index in [0.717, 1.165) is 19.0 Å². The maximum absolute atomic E-state index is 12.5. The summed E-state index contributed by atoms with van der Waals surface area (Å²) in [5.41, 5.74) is 0. The van der Waals surface area contributed by atoms with E-state index in [4.69, 9.17) is 0 Å². The first-order valence-corrected chi connectivity index (χ1v) is 8.14. The molecule has 1 aliphatic heterocycles. The van der Waals surface area contributed by atoms with Gasteiger partial charge in [-0.25, -0.2) is 0 Å². The molecule has 3 heteroatoms. The summed E-state index contributed by atoms with van der Waals surface area (Å²) in [6.07, 6.45) is 7.43. The van der Waals surface area contributed by atoms with E-state index in [1.807, 2.05) is 6.92 Å². The Labute approximate surface area is 118 Å². The molecule has 0 aromatic carbocycles. The van der Waals surface area contributed by atoms with Gasteiger partial charge in [-0.1, -0.05) is 26.7 Å². The summed E-state index contributed by atoms with van der Waals surface area (Å²) in [5.74, 6) is 1.80. The summed E-state index contributed by atoms with van der Waals surface area (Å²) in [4.78, 5) is 14.6. The van der Waals surface area contributed by atoms with E-state index < -0.39 is 0 Å². The molecule has 0 aromatic rings. The number of rotatable bonds is 3. The molecular weight excluding hydrogens is 236 g/mol. The van der Waals surface area contributed by atoms with E-state index in [0.29, 0.717) is 17.9 Å². The molecule has 1 saturated carbocycles. The first kappa shape index (κ1) is 14.8. The first-order chi connectivity index (χ1) is 9.09. The van der Waals surface area contributed by atoms with Gasteiger partial charge in [0.25, 0.3) is 0 Å². The first-order valence-electron chi connectivity index (χ1n) is 8.14. The smallest absolute Gasteiger partial charge is 0.239 e. The van der Waals surface area contributed by atoms with Crippen LogP contribution in [-0.4, -0.2) is 36.0 Å². The zero-order chi connectivity index (χ0) is 13.8. The molecule has 2 fully saturated rings. The van der Waals surface area contributed by atoms with Crippen molar-refractivity contribution < 1.29 is 4.79 Å². The molecule has 110 valence electrons. The number of likely N-dealkylation sites (tertiary alicyclic amines) is 1. The van der Waals surface area contributed by atoms with Crippen LogP contribution in [0.3, 0.4) is 0 Å². The fourth-order valence-corrected chi connectivity index (χ4v) is 3.56. The molecule has 2 rings (SSSR count). The van der Waals surface area contributed by atoms with Crippen LogP contribution in [0.4, 0.5) is 0 Å². The lowest BCUT2D eigenvalue weighted by Crippen LogP contribution is -2.49. The van der Waals surface area contributed by atoms with Crippen LogP contribution in [0.25, 0.3) is 0 Å². The van der Waals surface area contributed by atoms with Crippen molar-refractivity contribution in [2.24, 2.45) is 11.8 Å². The molecular formula is C16H30N2O. The summed E-state index contributed by atoms with van der Waals surface area (Å²) >= 11 is 0. The van der Waals surface area contributed by atoms with Crippen LogP contribution < -0.4 is 5.32 Å². The minimum absolute atomic E-state index is 0.0177. The molecule has 0 bridgehead atoms. The molecule has 19 heavy (non-hydrogen) atoms. The van der Waals surface area contributed by atoms with Crippen LogP contribution in [0.1, 0.15) is 59.3 Å². The van der Waals surface area contributed by atoms with Gasteiger partial charge < -0.3 is 10.2 Å². The van der Waals surface area contributed by atoms with E-state index in [-0.39, 0.29) is 6.04 Å². The quantitative estimate of drug-likeness (QED) is 0.852. The van der Waals surface area contributed by atoms with Gasteiger partial charge >= 0.3 is 0 Å². The maximum Gasteiger partial charge on any atom is 0.239 e. The Hall–Kier alpha value is -0.570. The highest BCUT2D eigenvalue weighted by Gasteiger charge is 2.32.